The lowest BCUT2D eigenvalue weighted by molar-refractivity contribution is -0.411. The fourth-order valence-corrected chi connectivity index (χ4v) is 3.91. The Morgan fingerprint density at radius 2 is 2.00 bits per heavy atom. The third-order valence-corrected chi connectivity index (χ3v) is 6.03. The second-order valence-corrected chi connectivity index (χ2v) is 8.43. The van der Waals surface area contributed by atoms with E-state index in [4.69, 9.17) is 14.5 Å². The van der Waals surface area contributed by atoms with E-state index in [9.17, 15) is 9.59 Å². The van der Waals surface area contributed by atoms with Gasteiger partial charge in [0.2, 0.25) is 0 Å². The zero-order chi connectivity index (χ0) is 18.8. The standard InChI is InChI=1S/C20H32O5/c1-13-15(19(3,4)10-8-16(13)21)7-11-20(5)12-9-17(24-25-20)14(2)18(22)23-6/h14,17H,7-12H2,1-6H3/t14-,17+,20-/m1/s1. The zero-order valence-corrected chi connectivity index (χ0v) is 16.4. The van der Waals surface area contributed by atoms with Crippen LogP contribution in [0.15, 0.2) is 11.1 Å². The summed E-state index contributed by atoms with van der Waals surface area (Å²) in [5, 5.41) is 0. The first-order chi connectivity index (χ1) is 11.6. The molecule has 5 heteroatoms. The number of methoxy groups -OCH3 is 1. The molecule has 2 rings (SSSR count). The van der Waals surface area contributed by atoms with Crippen molar-refractivity contribution in [2.45, 2.75) is 84.8 Å². The summed E-state index contributed by atoms with van der Waals surface area (Å²) >= 11 is 0. The monoisotopic (exact) mass is 352 g/mol. The van der Waals surface area contributed by atoms with Gasteiger partial charge in [0.15, 0.2) is 5.78 Å². The molecule has 1 fully saturated rings. The molecule has 0 unspecified atom stereocenters. The van der Waals surface area contributed by atoms with Crippen LogP contribution in [0.5, 0.6) is 0 Å². The predicted octanol–water partition coefficient (Wildman–Crippen LogP) is 4.15. The first kappa shape index (κ1) is 20.1. The van der Waals surface area contributed by atoms with Crippen LogP contribution in [0.4, 0.5) is 0 Å². The Bertz CT molecular complexity index is 552. The van der Waals surface area contributed by atoms with E-state index in [0.29, 0.717) is 6.42 Å². The number of esters is 1. The van der Waals surface area contributed by atoms with Crippen LogP contribution in [-0.4, -0.2) is 30.6 Å². The van der Waals surface area contributed by atoms with E-state index < -0.39 is 5.60 Å². The average molecular weight is 352 g/mol. The molecule has 0 aromatic carbocycles. The van der Waals surface area contributed by atoms with Gasteiger partial charge in [-0.15, -0.1) is 0 Å². The molecule has 1 aliphatic heterocycles. The van der Waals surface area contributed by atoms with Crippen molar-refractivity contribution < 1.29 is 24.1 Å². The summed E-state index contributed by atoms with van der Waals surface area (Å²) in [6, 6.07) is 0. The van der Waals surface area contributed by atoms with Gasteiger partial charge in [0, 0.05) is 6.42 Å². The number of carbonyl (C=O) groups excluding carboxylic acids is 2. The topological polar surface area (TPSA) is 61.8 Å². The lowest BCUT2D eigenvalue weighted by Crippen LogP contribution is -2.42. The van der Waals surface area contributed by atoms with Gasteiger partial charge in [-0.2, -0.15) is 0 Å². The normalized spacial score (nSPS) is 31.0. The SMILES string of the molecule is COC(=O)[C@H](C)[C@@H]1CC[C@@](C)(CCC2=C(C)C(=O)CCC2(C)C)OO1. The van der Waals surface area contributed by atoms with Crippen LogP contribution in [0.1, 0.15) is 73.1 Å². The lowest BCUT2D eigenvalue weighted by atomic mass is 9.70. The van der Waals surface area contributed by atoms with E-state index >= 15 is 0 Å². The molecule has 2 aliphatic rings. The molecular weight excluding hydrogens is 320 g/mol. The Morgan fingerprint density at radius 1 is 1.32 bits per heavy atom. The van der Waals surface area contributed by atoms with Crippen LogP contribution in [-0.2, 0) is 24.1 Å². The van der Waals surface area contributed by atoms with Crippen molar-refractivity contribution in [1.82, 2.24) is 0 Å². The van der Waals surface area contributed by atoms with Crippen molar-refractivity contribution in [3.05, 3.63) is 11.1 Å². The van der Waals surface area contributed by atoms with E-state index in [-0.39, 0.29) is 29.2 Å². The Morgan fingerprint density at radius 3 is 2.56 bits per heavy atom. The van der Waals surface area contributed by atoms with Crippen LogP contribution in [0, 0.1) is 11.3 Å². The Labute approximate surface area is 151 Å². The second kappa shape index (κ2) is 7.58. The van der Waals surface area contributed by atoms with Gasteiger partial charge in [-0.1, -0.05) is 19.4 Å². The highest BCUT2D eigenvalue weighted by Crippen LogP contribution is 2.43. The molecular formula is C20H32O5. The van der Waals surface area contributed by atoms with Gasteiger partial charge >= 0.3 is 5.97 Å². The Hall–Kier alpha value is -1.20. The van der Waals surface area contributed by atoms with Crippen molar-refractivity contribution in [2.24, 2.45) is 11.3 Å². The maximum Gasteiger partial charge on any atom is 0.311 e. The molecule has 0 radical (unpaired) electrons. The van der Waals surface area contributed by atoms with Gasteiger partial charge in [0.1, 0.15) is 11.7 Å². The minimum Gasteiger partial charge on any atom is -0.469 e. The van der Waals surface area contributed by atoms with Gasteiger partial charge in [-0.25, -0.2) is 9.78 Å². The van der Waals surface area contributed by atoms with Gasteiger partial charge in [0.25, 0.3) is 0 Å². The summed E-state index contributed by atoms with van der Waals surface area (Å²) in [7, 11) is 1.38. The number of ketones is 1. The minimum atomic E-state index is -0.393. The summed E-state index contributed by atoms with van der Waals surface area (Å²) < 4.78 is 4.78. The number of ether oxygens (including phenoxy) is 1. The number of allylic oxidation sites excluding steroid dienone is 2. The molecule has 5 nitrogen and oxygen atoms in total. The first-order valence-electron chi connectivity index (χ1n) is 9.25. The third kappa shape index (κ3) is 4.50. The van der Waals surface area contributed by atoms with E-state index in [0.717, 1.165) is 37.7 Å². The molecule has 0 saturated carbocycles. The number of hydrogen-bond acceptors (Lipinski definition) is 5. The summed E-state index contributed by atoms with van der Waals surface area (Å²) in [6.07, 6.45) is 4.50. The molecule has 0 spiro atoms. The van der Waals surface area contributed by atoms with Crippen LogP contribution >= 0.6 is 0 Å². The van der Waals surface area contributed by atoms with Crippen LogP contribution in [0.3, 0.4) is 0 Å². The molecule has 0 aromatic rings. The van der Waals surface area contributed by atoms with Crippen molar-refractivity contribution in [1.29, 1.82) is 0 Å². The van der Waals surface area contributed by atoms with Crippen LogP contribution in [0.2, 0.25) is 0 Å². The zero-order valence-electron chi connectivity index (χ0n) is 16.4. The first-order valence-corrected chi connectivity index (χ1v) is 9.25. The average Bonchev–Trinajstić information content (AvgIpc) is 2.57. The van der Waals surface area contributed by atoms with Gasteiger partial charge < -0.3 is 4.74 Å². The predicted molar refractivity (Wildman–Crippen MR) is 94.7 cm³/mol. The molecule has 0 bridgehead atoms. The van der Waals surface area contributed by atoms with Crippen LogP contribution in [0.25, 0.3) is 0 Å². The molecule has 142 valence electrons. The van der Waals surface area contributed by atoms with Crippen LogP contribution < -0.4 is 0 Å². The molecule has 1 heterocycles. The van der Waals surface area contributed by atoms with Gasteiger partial charge in [0.05, 0.1) is 13.0 Å². The van der Waals surface area contributed by atoms with E-state index in [1.807, 2.05) is 13.8 Å². The molecule has 0 N–H and O–H groups in total. The van der Waals surface area contributed by atoms with E-state index in [1.54, 1.807) is 6.92 Å². The van der Waals surface area contributed by atoms with E-state index in [2.05, 4.69) is 13.8 Å². The minimum absolute atomic E-state index is 0.0613. The fraction of sp³-hybridized carbons (Fsp3) is 0.800. The summed E-state index contributed by atoms with van der Waals surface area (Å²) in [6.45, 7) is 10.2. The summed E-state index contributed by atoms with van der Waals surface area (Å²) in [5.74, 6) is -0.345. The highest BCUT2D eigenvalue weighted by molar-refractivity contribution is 5.96. The number of carbonyl (C=O) groups is 2. The molecule has 1 saturated heterocycles. The quantitative estimate of drug-likeness (QED) is 0.549. The van der Waals surface area contributed by atoms with Gasteiger partial charge in [-0.05, 0) is 63.9 Å². The smallest absolute Gasteiger partial charge is 0.311 e. The molecule has 3 atom stereocenters. The summed E-state index contributed by atoms with van der Waals surface area (Å²) in [4.78, 5) is 35.0. The number of hydrogen-bond donors (Lipinski definition) is 0. The molecule has 0 amide bonds. The fourth-order valence-electron chi connectivity index (χ4n) is 3.91. The third-order valence-electron chi connectivity index (χ3n) is 6.03. The molecule has 25 heavy (non-hydrogen) atoms. The maximum atomic E-state index is 12.1. The molecule has 1 aliphatic carbocycles. The Kier molecular flexibility index (Phi) is 6.10. The Balaban J connectivity index is 1.97. The van der Waals surface area contributed by atoms with E-state index in [1.165, 1.54) is 12.7 Å². The van der Waals surface area contributed by atoms with Gasteiger partial charge in [-0.3, -0.25) is 9.59 Å². The largest absolute Gasteiger partial charge is 0.469 e. The van der Waals surface area contributed by atoms with Crippen molar-refractivity contribution in [2.75, 3.05) is 7.11 Å². The lowest BCUT2D eigenvalue weighted by Gasteiger charge is -2.39. The number of rotatable bonds is 5. The van der Waals surface area contributed by atoms with Crippen molar-refractivity contribution in [3.8, 4) is 0 Å². The van der Waals surface area contributed by atoms with Crippen molar-refractivity contribution in [3.63, 3.8) is 0 Å². The van der Waals surface area contributed by atoms with Crippen molar-refractivity contribution >= 4 is 11.8 Å². The second-order valence-electron chi connectivity index (χ2n) is 8.43. The highest BCUT2D eigenvalue weighted by atomic mass is 17.2. The maximum absolute atomic E-state index is 12.1. The molecule has 0 aromatic heterocycles. The highest BCUT2D eigenvalue weighted by Gasteiger charge is 2.39. The number of Topliss-reactive ketones (excluding diaryl/α,β-unsaturated/α-hetero) is 1. The summed E-state index contributed by atoms with van der Waals surface area (Å²) in [5.41, 5.74) is 1.84.